The van der Waals surface area contributed by atoms with Crippen LogP contribution in [0.3, 0.4) is 0 Å². The van der Waals surface area contributed by atoms with E-state index in [9.17, 15) is 0 Å². The molecule has 13 heavy (non-hydrogen) atoms. The Bertz CT molecular complexity index is 292. The van der Waals surface area contributed by atoms with E-state index >= 15 is 0 Å². The van der Waals surface area contributed by atoms with Gasteiger partial charge in [-0.25, -0.2) is 0 Å². The van der Waals surface area contributed by atoms with Gasteiger partial charge in [-0.05, 0) is 30.3 Å². The molecular formula is C12H15N. The Morgan fingerprint density at radius 1 is 1.46 bits per heavy atom. The zero-order valence-electron chi connectivity index (χ0n) is 7.96. The first-order chi connectivity index (χ1) is 6.29. The summed E-state index contributed by atoms with van der Waals surface area (Å²) < 4.78 is 0. The molecule has 0 saturated carbocycles. The Morgan fingerprint density at radius 2 is 2.23 bits per heavy atom. The summed E-state index contributed by atoms with van der Waals surface area (Å²) in [6, 6.07) is 0.342. The lowest BCUT2D eigenvalue weighted by Gasteiger charge is -2.19. The van der Waals surface area contributed by atoms with Gasteiger partial charge in [0.05, 0.1) is 0 Å². The quantitative estimate of drug-likeness (QED) is 0.647. The van der Waals surface area contributed by atoms with Crippen molar-refractivity contribution in [3.63, 3.8) is 0 Å². The van der Waals surface area contributed by atoms with Crippen molar-refractivity contribution in [1.29, 1.82) is 0 Å². The third kappa shape index (κ3) is 2.22. The first kappa shape index (κ1) is 9.59. The minimum atomic E-state index is 0.342. The molecule has 1 heteroatoms. The molecule has 1 unspecified atom stereocenters. The van der Waals surface area contributed by atoms with Crippen LogP contribution in [0.5, 0.6) is 0 Å². The van der Waals surface area contributed by atoms with Crippen LogP contribution in [0.15, 0.2) is 60.9 Å². The van der Waals surface area contributed by atoms with Gasteiger partial charge in [0.2, 0.25) is 0 Å². The Morgan fingerprint density at radius 3 is 2.85 bits per heavy atom. The van der Waals surface area contributed by atoms with Crippen LogP contribution >= 0.6 is 0 Å². The van der Waals surface area contributed by atoms with Crippen molar-refractivity contribution in [2.45, 2.75) is 13.0 Å². The smallest absolute Gasteiger partial charge is 0.0486 e. The first-order valence-corrected chi connectivity index (χ1v) is 4.38. The zero-order chi connectivity index (χ0) is 9.68. The molecule has 0 aromatic carbocycles. The van der Waals surface area contributed by atoms with E-state index in [4.69, 9.17) is 0 Å². The van der Waals surface area contributed by atoms with Crippen molar-refractivity contribution in [3.05, 3.63) is 60.9 Å². The minimum absolute atomic E-state index is 0.342. The molecule has 0 aromatic heterocycles. The molecule has 1 nitrogen and oxygen atoms in total. The van der Waals surface area contributed by atoms with Gasteiger partial charge in [0.25, 0.3) is 0 Å². The number of allylic oxidation sites excluding steroid dienone is 5. The molecule has 0 bridgehead atoms. The summed E-state index contributed by atoms with van der Waals surface area (Å²) in [4.78, 5) is 0. The second-order valence-electron chi connectivity index (χ2n) is 2.93. The molecule has 0 radical (unpaired) electrons. The Hall–Kier alpha value is -1.50. The van der Waals surface area contributed by atoms with Gasteiger partial charge >= 0.3 is 0 Å². The molecule has 0 saturated heterocycles. The normalized spacial score (nSPS) is 21.8. The Labute approximate surface area is 79.8 Å². The lowest BCUT2D eigenvalue weighted by Crippen LogP contribution is -2.25. The maximum Gasteiger partial charge on any atom is 0.0486 e. The highest BCUT2D eigenvalue weighted by Gasteiger charge is 2.09. The van der Waals surface area contributed by atoms with Crippen LogP contribution in [-0.4, -0.2) is 6.04 Å². The summed E-state index contributed by atoms with van der Waals surface area (Å²) in [5, 5.41) is 3.23. The van der Waals surface area contributed by atoms with E-state index in [0.717, 1.165) is 0 Å². The zero-order valence-corrected chi connectivity index (χ0v) is 7.96. The second kappa shape index (κ2) is 4.51. The van der Waals surface area contributed by atoms with Crippen LogP contribution < -0.4 is 5.32 Å². The maximum absolute atomic E-state index is 3.78. The summed E-state index contributed by atoms with van der Waals surface area (Å²) >= 11 is 0. The summed E-state index contributed by atoms with van der Waals surface area (Å²) in [5.41, 5.74) is 2.42. The molecule has 1 heterocycles. The third-order valence-corrected chi connectivity index (χ3v) is 2.04. The molecule has 1 atom stereocenters. The van der Waals surface area contributed by atoms with Crippen LogP contribution in [0.25, 0.3) is 0 Å². The van der Waals surface area contributed by atoms with Crippen LogP contribution in [0.2, 0.25) is 0 Å². The fraction of sp³-hybridized carbons (Fsp3) is 0.167. The van der Waals surface area contributed by atoms with E-state index in [1.165, 1.54) is 11.1 Å². The second-order valence-corrected chi connectivity index (χ2v) is 2.93. The molecule has 0 aromatic rings. The van der Waals surface area contributed by atoms with Gasteiger partial charge in [-0.3, -0.25) is 0 Å². The van der Waals surface area contributed by atoms with E-state index in [1.807, 2.05) is 24.4 Å². The van der Waals surface area contributed by atoms with Crippen molar-refractivity contribution in [2.75, 3.05) is 0 Å². The van der Waals surface area contributed by atoms with Gasteiger partial charge in [-0.1, -0.05) is 37.5 Å². The van der Waals surface area contributed by atoms with E-state index in [0.29, 0.717) is 6.04 Å². The highest BCUT2D eigenvalue weighted by atomic mass is 14.9. The summed E-state index contributed by atoms with van der Waals surface area (Å²) in [6.07, 6.45) is 11.6. The van der Waals surface area contributed by atoms with Crippen molar-refractivity contribution < 1.29 is 0 Å². The van der Waals surface area contributed by atoms with Gasteiger partial charge in [-0.2, -0.15) is 0 Å². The average Bonchev–Trinajstić information content (AvgIpc) is 2.15. The first-order valence-electron chi connectivity index (χ1n) is 4.38. The number of hydrogen-bond donors (Lipinski definition) is 1. The van der Waals surface area contributed by atoms with Crippen molar-refractivity contribution in [3.8, 4) is 0 Å². The van der Waals surface area contributed by atoms with E-state index < -0.39 is 0 Å². The number of dihydropyridines is 1. The molecule has 1 aliphatic heterocycles. The predicted octanol–water partition coefficient (Wildman–Crippen LogP) is 2.72. The molecule has 0 amide bonds. The largest absolute Gasteiger partial charge is 0.384 e. The molecule has 0 spiro atoms. The Kier molecular flexibility index (Phi) is 3.32. The maximum atomic E-state index is 3.78. The third-order valence-electron chi connectivity index (χ3n) is 2.04. The number of nitrogens with one attached hydrogen (secondary N) is 1. The molecule has 1 rings (SSSR count). The van der Waals surface area contributed by atoms with Gasteiger partial charge in [0.15, 0.2) is 0 Å². The molecule has 1 aliphatic rings. The minimum Gasteiger partial charge on any atom is -0.384 e. The van der Waals surface area contributed by atoms with Crippen molar-refractivity contribution in [2.24, 2.45) is 0 Å². The standard InChI is InChI=1S/C12H15N/c1-4-6-7-12-10(3)13-9-8-11(12)5-2/h4-10,13H,1-2H2,3H3/b7-6-. The summed E-state index contributed by atoms with van der Waals surface area (Å²) in [6.45, 7) is 9.55. The van der Waals surface area contributed by atoms with Crippen LogP contribution in [-0.2, 0) is 0 Å². The highest BCUT2D eigenvalue weighted by molar-refractivity contribution is 5.45. The molecule has 68 valence electrons. The lowest BCUT2D eigenvalue weighted by molar-refractivity contribution is 0.728. The van der Waals surface area contributed by atoms with E-state index in [1.54, 1.807) is 6.08 Å². The molecule has 0 aliphatic carbocycles. The molecule has 1 N–H and O–H groups in total. The molecule has 0 fully saturated rings. The predicted molar refractivity (Wildman–Crippen MR) is 58.3 cm³/mol. The lowest BCUT2D eigenvalue weighted by atomic mass is 9.98. The fourth-order valence-corrected chi connectivity index (χ4v) is 1.32. The van der Waals surface area contributed by atoms with Gasteiger partial charge in [0, 0.05) is 6.04 Å². The van der Waals surface area contributed by atoms with Crippen LogP contribution in [0.1, 0.15) is 6.92 Å². The van der Waals surface area contributed by atoms with Gasteiger partial charge in [0.1, 0.15) is 0 Å². The van der Waals surface area contributed by atoms with E-state index in [-0.39, 0.29) is 0 Å². The topological polar surface area (TPSA) is 12.0 Å². The monoisotopic (exact) mass is 173 g/mol. The van der Waals surface area contributed by atoms with Crippen LogP contribution in [0.4, 0.5) is 0 Å². The highest BCUT2D eigenvalue weighted by Crippen LogP contribution is 2.17. The summed E-state index contributed by atoms with van der Waals surface area (Å²) in [7, 11) is 0. The van der Waals surface area contributed by atoms with Crippen LogP contribution in [0, 0.1) is 0 Å². The fourth-order valence-electron chi connectivity index (χ4n) is 1.32. The van der Waals surface area contributed by atoms with Gasteiger partial charge < -0.3 is 5.32 Å². The number of hydrogen-bond acceptors (Lipinski definition) is 1. The van der Waals surface area contributed by atoms with Gasteiger partial charge in [-0.15, -0.1) is 0 Å². The average molecular weight is 173 g/mol. The number of rotatable bonds is 3. The SMILES string of the molecule is C=C/C=C\C1=C(C=C)C=CNC1C. The van der Waals surface area contributed by atoms with Crippen molar-refractivity contribution >= 4 is 0 Å². The molecular weight excluding hydrogens is 158 g/mol. The Balaban J connectivity index is 3.00. The van der Waals surface area contributed by atoms with E-state index in [2.05, 4.69) is 31.5 Å². The summed E-state index contributed by atoms with van der Waals surface area (Å²) in [5.74, 6) is 0. The van der Waals surface area contributed by atoms with Crippen molar-refractivity contribution in [1.82, 2.24) is 5.32 Å².